The summed E-state index contributed by atoms with van der Waals surface area (Å²) in [6, 6.07) is 1.63. The highest BCUT2D eigenvalue weighted by atomic mass is 19.2. The molecule has 0 saturated heterocycles. The second-order valence-corrected chi connectivity index (χ2v) is 4.53. The highest BCUT2D eigenvalue weighted by Gasteiger charge is 2.39. The van der Waals surface area contributed by atoms with E-state index in [0.717, 1.165) is 12.1 Å². The van der Waals surface area contributed by atoms with Crippen molar-refractivity contribution in [3.8, 4) is 0 Å². The topological polar surface area (TPSA) is 26.0 Å². The first-order valence-corrected chi connectivity index (χ1v) is 5.52. The van der Waals surface area contributed by atoms with E-state index < -0.39 is 28.7 Å². The van der Waals surface area contributed by atoms with Gasteiger partial charge in [0.25, 0.3) is 0 Å². The Kier molecular flexibility index (Phi) is 3.12. The smallest absolute Gasteiger partial charge is 0.194 e. The number of alkyl halides is 1. The van der Waals surface area contributed by atoms with Crippen molar-refractivity contribution in [3.63, 3.8) is 0 Å². The summed E-state index contributed by atoms with van der Waals surface area (Å²) < 4.78 is 53.8. The standard InChI is InChI=1S/C12H13F4N/c13-9-2-1-8(10(14)11(9)15)12(16)5-3-7(17)4-6-12/h1-2,7H,3-6,17H2. The Morgan fingerprint density at radius 3 is 2.24 bits per heavy atom. The van der Waals surface area contributed by atoms with Crippen molar-refractivity contribution >= 4 is 0 Å². The van der Waals surface area contributed by atoms with Crippen LogP contribution in [0.3, 0.4) is 0 Å². The van der Waals surface area contributed by atoms with Crippen LogP contribution in [-0.4, -0.2) is 6.04 Å². The Labute approximate surface area is 96.6 Å². The maximum Gasteiger partial charge on any atom is 0.194 e. The van der Waals surface area contributed by atoms with E-state index in [-0.39, 0.29) is 18.9 Å². The van der Waals surface area contributed by atoms with Crippen LogP contribution in [0.5, 0.6) is 0 Å². The third-order valence-electron chi connectivity index (χ3n) is 3.34. The maximum atomic E-state index is 14.5. The lowest BCUT2D eigenvalue weighted by atomic mass is 9.79. The fourth-order valence-electron chi connectivity index (χ4n) is 2.24. The first kappa shape index (κ1) is 12.4. The summed E-state index contributed by atoms with van der Waals surface area (Å²) in [5, 5.41) is 0. The van der Waals surface area contributed by atoms with Crippen LogP contribution >= 0.6 is 0 Å². The molecule has 2 rings (SSSR count). The van der Waals surface area contributed by atoms with Gasteiger partial charge in [0, 0.05) is 11.6 Å². The molecule has 1 nitrogen and oxygen atoms in total. The molecule has 1 fully saturated rings. The molecule has 0 radical (unpaired) electrons. The van der Waals surface area contributed by atoms with Crippen molar-refractivity contribution in [1.82, 2.24) is 0 Å². The first-order valence-electron chi connectivity index (χ1n) is 5.52. The van der Waals surface area contributed by atoms with Gasteiger partial charge in [-0.25, -0.2) is 17.6 Å². The van der Waals surface area contributed by atoms with Gasteiger partial charge < -0.3 is 5.73 Å². The highest BCUT2D eigenvalue weighted by molar-refractivity contribution is 5.27. The molecule has 0 bridgehead atoms. The Bertz CT molecular complexity index is 425. The molecular formula is C12H13F4N. The first-order chi connectivity index (χ1) is 7.94. The predicted octanol–water partition coefficient (Wildman–Crippen LogP) is 3.17. The van der Waals surface area contributed by atoms with Crippen LogP contribution in [0.15, 0.2) is 12.1 Å². The van der Waals surface area contributed by atoms with Gasteiger partial charge in [0.15, 0.2) is 17.5 Å². The fourth-order valence-corrected chi connectivity index (χ4v) is 2.24. The molecule has 0 atom stereocenters. The van der Waals surface area contributed by atoms with Crippen molar-refractivity contribution in [1.29, 1.82) is 0 Å². The number of rotatable bonds is 1. The van der Waals surface area contributed by atoms with Gasteiger partial charge in [-0.15, -0.1) is 0 Å². The number of hydrogen-bond donors (Lipinski definition) is 1. The molecule has 5 heteroatoms. The van der Waals surface area contributed by atoms with Gasteiger partial charge in [-0.1, -0.05) is 0 Å². The summed E-state index contributed by atoms with van der Waals surface area (Å²) in [7, 11) is 0. The van der Waals surface area contributed by atoms with Crippen LogP contribution in [-0.2, 0) is 5.67 Å². The van der Waals surface area contributed by atoms with E-state index in [1.165, 1.54) is 0 Å². The predicted molar refractivity (Wildman–Crippen MR) is 55.5 cm³/mol. The second-order valence-electron chi connectivity index (χ2n) is 4.53. The summed E-state index contributed by atoms with van der Waals surface area (Å²) in [4.78, 5) is 0. The molecular weight excluding hydrogens is 234 g/mol. The van der Waals surface area contributed by atoms with E-state index in [2.05, 4.69) is 0 Å². The summed E-state index contributed by atoms with van der Waals surface area (Å²) in [6.45, 7) is 0. The van der Waals surface area contributed by atoms with Crippen LogP contribution < -0.4 is 5.73 Å². The molecule has 1 aliphatic carbocycles. The minimum atomic E-state index is -1.94. The molecule has 94 valence electrons. The number of benzene rings is 1. The van der Waals surface area contributed by atoms with Gasteiger partial charge in [-0.05, 0) is 37.8 Å². The van der Waals surface area contributed by atoms with Crippen LogP contribution in [0.1, 0.15) is 31.2 Å². The van der Waals surface area contributed by atoms with E-state index >= 15 is 0 Å². The third kappa shape index (κ3) is 2.16. The van der Waals surface area contributed by atoms with Gasteiger partial charge in [0.1, 0.15) is 5.67 Å². The number of halogens is 4. The van der Waals surface area contributed by atoms with Crippen molar-refractivity contribution < 1.29 is 17.6 Å². The third-order valence-corrected chi connectivity index (χ3v) is 3.34. The molecule has 2 N–H and O–H groups in total. The van der Waals surface area contributed by atoms with Crippen LogP contribution in [0, 0.1) is 17.5 Å². The Morgan fingerprint density at radius 1 is 1.06 bits per heavy atom. The number of hydrogen-bond acceptors (Lipinski definition) is 1. The van der Waals surface area contributed by atoms with Crippen LogP contribution in [0.25, 0.3) is 0 Å². The summed E-state index contributed by atoms with van der Waals surface area (Å²) in [5.74, 6) is -4.35. The zero-order valence-electron chi connectivity index (χ0n) is 9.15. The van der Waals surface area contributed by atoms with E-state index in [4.69, 9.17) is 5.73 Å². The van der Waals surface area contributed by atoms with Crippen molar-refractivity contribution in [2.45, 2.75) is 37.4 Å². The minimum absolute atomic E-state index is 0.0379. The normalized spacial score (nSPS) is 29.4. The zero-order chi connectivity index (χ0) is 12.6. The van der Waals surface area contributed by atoms with Gasteiger partial charge in [0.05, 0.1) is 0 Å². The van der Waals surface area contributed by atoms with E-state index in [1.54, 1.807) is 0 Å². The molecule has 1 aromatic carbocycles. The van der Waals surface area contributed by atoms with Crippen molar-refractivity contribution in [3.05, 3.63) is 35.1 Å². The minimum Gasteiger partial charge on any atom is -0.328 e. The lowest BCUT2D eigenvalue weighted by Gasteiger charge is -2.33. The zero-order valence-corrected chi connectivity index (χ0v) is 9.15. The van der Waals surface area contributed by atoms with Gasteiger partial charge >= 0.3 is 0 Å². The van der Waals surface area contributed by atoms with Gasteiger partial charge in [-0.3, -0.25) is 0 Å². The Balaban J connectivity index is 2.37. The van der Waals surface area contributed by atoms with Gasteiger partial charge in [-0.2, -0.15) is 0 Å². The monoisotopic (exact) mass is 247 g/mol. The van der Waals surface area contributed by atoms with Gasteiger partial charge in [0.2, 0.25) is 0 Å². The largest absolute Gasteiger partial charge is 0.328 e. The number of nitrogens with two attached hydrogens (primary N) is 1. The molecule has 0 aromatic heterocycles. The van der Waals surface area contributed by atoms with Crippen molar-refractivity contribution in [2.24, 2.45) is 5.73 Å². The molecule has 0 unspecified atom stereocenters. The molecule has 0 aliphatic heterocycles. The SMILES string of the molecule is NC1CCC(F)(c2ccc(F)c(F)c2F)CC1. The second kappa shape index (κ2) is 4.29. The summed E-state index contributed by atoms with van der Waals surface area (Å²) >= 11 is 0. The van der Waals surface area contributed by atoms with E-state index in [0.29, 0.717) is 12.8 Å². The Hall–Kier alpha value is -1.10. The molecule has 17 heavy (non-hydrogen) atoms. The fraction of sp³-hybridized carbons (Fsp3) is 0.500. The lowest BCUT2D eigenvalue weighted by Crippen LogP contribution is -2.34. The quantitative estimate of drug-likeness (QED) is 0.598. The summed E-state index contributed by atoms with van der Waals surface area (Å²) in [5.41, 5.74) is 3.30. The van der Waals surface area contributed by atoms with E-state index in [1.807, 2.05) is 0 Å². The Morgan fingerprint density at radius 2 is 1.65 bits per heavy atom. The summed E-state index contributed by atoms with van der Waals surface area (Å²) in [6.07, 6.45) is 0.899. The lowest BCUT2D eigenvalue weighted by molar-refractivity contribution is 0.0923. The van der Waals surface area contributed by atoms with Crippen LogP contribution in [0.2, 0.25) is 0 Å². The highest BCUT2D eigenvalue weighted by Crippen LogP contribution is 2.42. The van der Waals surface area contributed by atoms with Crippen LogP contribution in [0.4, 0.5) is 17.6 Å². The molecule has 1 aliphatic rings. The average molecular weight is 247 g/mol. The molecule has 0 spiro atoms. The molecule has 1 saturated carbocycles. The van der Waals surface area contributed by atoms with Crippen molar-refractivity contribution in [2.75, 3.05) is 0 Å². The maximum absolute atomic E-state index is 14.5. The molecule has 0 heterocycles. The molecule has 1 aromatic rings. The van der Waals surface area contributed by atoms with E-state index in [9.17, 15) is 17.6 Å². The molecule has 0 amide bonds. The average Bonchev–Trinajstić information content (AvgIpc) is 2.30.